The minimum atomic E-state index is -1.16. The largest absolute Gasteiger partial charge is 0.459 e. The normalized spacial score (nSPS) is 36.1. The summed E-state index contributed by atoms with van der Waals surface area (Å²) in [5.41, 5.74) is -0.496. The van der Waals surface area contributed by atoms with Gasteiger partial charge in [-0.15, -0.1) is 0 Å². The smallest absolute Gasteiger partial charge is 0.320 e. The lowest BCUT2D eigenvalue weighted by Gasteiger charge is -2.36. The van der Waals surface area contributed by atoms with Crippen molar-refractivity contribution in [1.29, 1.82) is 0 Å². The van der Waals surface area contributed by atoms with Crippen molar-refractivity contribution in [2.75, 3.05) is 13.1 Å². The summed E-state index contributed by atoms with van der Waals surface area (Å²) in [6.07, 6.45) is 0.0221. The van der Waals surface area contributed by atoms with Crippen molar-refractivity contribution in [3.63, 3.8) is 0 Å². The first-order valence-electron chi connectivity index (χ1n) is 7.04. The van der Waals surface area contributed by atoms with Crippen LogP contribution in [-0.2, 0) is 9.53 Å². The number of aliphatic hydroxyl groups excluding tert-OH is 1. The SMILES string of the molecule is CC(C)(C)OC(=O)CN1CC2CC[C@@H]1C[C@H](O)C2F. The standard InChI is InChI=1S/C14H24FNO3/c1-14(2,3)19-12(18)8-16-7-9-4-5-10(16)6-11(17)13(9)15/h9-11,13,17H,4-8H2,1-3H3/t9?,10-,11+,13?/m1/s1. The molecule has 3 fully saturated rings. The molecule has 0 radical (unpaired) electrons. The van der Waals surface area contributed by atoms with Crippen LogP contribution in [0.15, 0.2) is 0 Å². The Morgan fingerprint density at radius 2 is 2.11 bits per heavy atom. The lowest BCUT2D eigenvalue weighted by atomic mass is 9.93. The summed E-state index contributed by atoms with van der Waals surface area (Å²) >= 11 is 0. The van der Waals surface area contributed by atoms with Crippen molar-refractivity contribution in [2.45, 2.75) is 64.0 Å². The molecule has 110 valence electrons. The number of hydrogen-bond donors (Lipinski definition) is 1. The van der Waals surface area contributed by atoms with Gasteiger partial charge in [-0.1, -0.05) is 0 Å². The summed E-state index contributed by atoms with van der Waals surface area (Å²) in [4.78, 5) is 13.8. The fourth-order valence-corrected chi connectivity index (χ4v) is 3.11. The van der Waals surface area contributed by atoms with Crippen LogP contribution in [0, 0.1) is 5.92 Å². The number of nitrogens with zero attached hydrogens (tertiary/aromatic N) is 1. The van der Waals surface area contributed by atoms with Crippen LogP contribution in [0.2, 0.25) is 0 Å². The first kappa shape index (κ1) is 14.7. The number of carbonyl (C=O) groups is 1. The molecule has 2 unspecified atom stereocenters. The Bertz CT molecular complexity index is 342. The van der Waals surface area contributed by atoms with Crippen molar-refractivity contribution >= 4 is 5.97 Å². The molecule has 1 aliphatic carbocycles. The molecular formula is C14H24FNO3. The zero-order valence-electron chi connectivity index (χ0n) is 11.9. The maximum Gasteiger partial charge on any atom is 0.320 e. The minimum Gasteiger partial charge on any atom is -0.459 e. The van der Waals surface area contributed by atoms with Gasteiger partial charge in [-0.05, 0) is 40.0 Å². The molecule has 4 nitrogen and oxygen atoms in total. The van der Waals surface area contributed by atoms with E-state index in [1.807, 2.05) is 25.7 Å². The molecule has 1 saturated carbocycles. The molecule has 0 aromatic carbocycles. The Balaban J connectivity index is 1.97. The predicted octanol–water partition coefficient (Wildman–Crippen LogP) is 1.51. The number of halogens is 1. The summed E-state index contributed by atoms with van der Waals surface area (Å²) in [6.45, 7) is 6.24. The zero-order chi connectivity index (χ0) is 14.2. The molecule has 0 aromatic heterocycles. The highest BCUT2D eigenvalue weighted by atomic mass is 19.1. The van der Waals surface area contributed by atoms with Gasteiger partial charge in [0.2, 0.25) is 0 Å². The first-order chi connectivity index (χ1) is 8.76. The number of piperidine rings is 1. The first-order valence-corrected chi connectivity index (χ1v) is 7.04. The number of aliphatic hydroxyl groups is 1. The third-order valence-corrected chi connectivity index (χ3v) is 3.94. The number of ether oxygens (including phenoxy) is 1. The van der Waals surface area contributed by atoms with Gasteiger partial charge in [0.25, 0.3) is 0 Å². The van der Waals surface area contributed by atoms with Crippen LogP contribution in [0.25, 0.3) is 0 Å². The van der Waals surface area contributed by atoms with E-state index in [1.165, 1.54) is 0 Å². The molecule has 0 aromatic rings. The van der Waals surface area contributed by atoms with Crippen LogP contribution >= 0.6 is 0 Å². The number of alkyl halides is 1. The van der Waals surface area contributed by atoms with Gasteiger partial charge in [0, 0.05) is 18.5 Å². The van der Waals surface area contributed by atoms with Crippen molar-refractivity contribution in [1.82, 2.24) is 4.90 Å². The number of hydrogen-bond acceptors (Lipinski definition) is 4. The number of carbonyl (C=O) groups excluding carboxylic acids is 1. The van der Waals surface area contributed by atoms with Crippen LogP contribution < -0.4 is 0 Å². The van der Waals surface area contributed by atoms with E-state index in [1.54, 1.807) is 0 Å². The van der Waals surface area contributed by atoms with Gasteiger partial charge in [0.1, 0.15) is 11.8 Å². The third kappa shape index (κ3) is 3.66. The van der Waals surface area contributed by atoms with E-state index < -0.39 is 17.9 Å². The Hall–Kier alpha value is -0.680. The summed E-state index contributed by atoms with van der Waals surface area (Å²) < 4.78 is 19.2. The lowest BCUT2D eigenvalue weighted by molar-refractivity contribution is -0.157. The molecule has 19 heavy (non-hydrogen) atoms. The number of rotatable bonds is 2. The highest BCUT2D eigenvalue weighted by Gasteiger charge is 2.42. The van der Waals surface area contributed by atoms with E-state index in [0.717, 1.165) is 12.8 Å². The third-order valence-electron chi connectivity index (χ3n) is 3.94. The van der Waals surface area contributed by atoms with Gasteiger partial charge >= 0.3 is 5.97 Å². The van der Waals surface area contributed by atoms with E-state index in [0.29, 0.717) is 13.0 Å². The molecule has 3 rings (SSSR count). The Kier molecular flexibility index (Phi) is 4.16. The molecular weight excluding hydrogens is 249 g/mol. The van der Waals surface area contributed by atoms with Crippen molar-refractivity contribution in [2.24, 2.45) is 5.92 Å². The maximum atomic E-state index is 13.9. The molecule has 0 spiro atoms. The molecule has 5 heteroatoms. The van der Waals surface area contributed by atoms with Crippen LogP contribution in [0.4, 0.5) is 4.39 Å². The van der Waals surface area contributed by atoms with Gasteiger partial charge in [-0.2, -0.15) is 0 Å². The Morgan fingerprint density at radius 3 is 2.74 bits per heavy atom. The maximum absolute atomic E-state index is 13.9. The fourth-order valence-electron chi connectivity index (χ4n) is 3.11. The summed E-state index contributed by atoms with van der Waals surface area (Å²) in [7, 11) is 0. The molecule has 2 heterocycles. The predicted molar refractivity (Wildman–Crippen MR) is 69.4 cm³/mol. The molecule has 4 atom stereocenters. The molecule has 2 saturated heterocycles. The van der Waals surface area contributed by atoms with Crippen molar-refractivity contribution < 1.29 is 19.0 Å². The monoisotopic (exact) mass is 273 g/mol. The summed E-state index contributed by atoms with van der Waals surface area (Å²) in [5.74, 6) is -0.430. The highest BCUT2D eigenvalue weighted by molar-refractivity contribution is 5.72. The summed E-state index contributed by atoms with van der Waals surface area (Å²) in [6, 6.07) is 0.0968. The topological polar surface area (TPSA) is 49.8 Å². The fraction of sp³-hybridized carbons (Fsp3) is 0.929. The quantitative estimate of drug-likeness (QED) is 0.775. The van der Waals surface area contributed by atoms with Crippen LogP contribution in [0.1, 0.15) is 40.0 Å². The van der Waals surface area contributed by atoms with Crippen molar-refractivity contribution in [3.05, 3.63) is 0 Å². The number of esters is 1. The van der Waals surface area contributed by atoms with E-state index in [4.69, 9.17) is 4.74 Å². The van der Waals surface area contributed by atoms with Gasteiger partial charge in [-0.25, -0.2) is 4.39 Å². The van der Waals surface area contributed by atoms with Gasteiger partial charge < -0.3 is 9.84 Å². The van der Waals surface area contributed by atoms with Gasteiger partial charge in [-0.3, -0.25) is 9.69 Å². The van der Waals surface area contributed by atoms with E-state index in [-0.39, 0.29) is 24.5 Å². The van der Waals surface area contributed by atoms with Crippen LogP contribution in [0.3, 0.4) is 0 Å². The van der Waals surface area contributed by atoms with E-state index >= 15 is 0 Å². The second kappa shape index (κ2) is 5.37. The lowest BCUT2D eigenvalue weighted by Crippen LogP contribution is -2.46. The molecule has 0 amide bonds. The highest BCUT2D eigenvalue weighted by Crippen LogP contribution is 2.35. The van der Waals surface area contributed by atoms with Crippen LogP contribution in [-0.4, -0.2) is 53.0 Å². The number of fused-ring (bicyclic) bond motifs is 4. The van der Waals surface area contributed by atoms with E-state index in [9.17, 15) is 14.3 Å². The van der Waals surface area contributed by atoms with Crippen LogP contribution in [0.5, 0.6) is 0 Å². The second-order valence-corrected chi connectivity index (χ2v) is 6.75. The molecule has 3 aliphatic rings. The average Bonchev–Trinajstić information content (AvgIpc) is 2.45. The Morgan fingerprint density at radius 1 is 1.42 bits per heavy atom. The second-order valence-electron chi connectivity index (χ2n) is 6.75. The van der Waals surface area contributed by atoms with Gasteiger partial charge in [0.15, 0.2) is 0 Å². The minimum absolute atomic E-state index is 0.0968. The Labute approximate surface area is 113 Å². The molecule has 2 bridgehead atoms. The van der Waals surface area contributed by atoms with E-state index in [2.05, 4.69) is 0 Å². The molecule has 1 N–H and O–H groups in total. The zero-order valence-corrected chi connectivity index (χ0v) is 11.9. The van der Waals surface area contributed by atoms with Gasteiger partial charge in [0.05, 0.1) is 12.6 Å². The molecule has 2 aliphatic heterocycles. The summed E-state index contributed by atoms with van der Waals surface area (Å²) in [5, 5.41) is 9.76. The average molecular weight is 273 g/mol. The van der Waals surface area contributed by atoms with Crippen molar-refractivity contribution in [3.8, 4) is 0 Å².